The molecule has 1 amide bonds. The molecule has 35 heavy (non-hydrogen) atoms. The van der Waals surface area contributed by atoms with Gasteiger partial charge in [-0.1, -0.05) is 42.0 Å². The number of carbonyl (C=O) groups excluding carboxylic acids is 1. The van der Waals surface area contributed by atoms with Gasteiger partial charge < -0.3 is 0 Å². The predicted octanol–water partition coefficient (Wildman–Crippen LogP) is 5.36. The highest BCUT2D eigenvalue weighted by atomic mass is 35.5. The van der Waals surface area contributed by atoms with E-state index >= 15 is 0 Å². The molecule has 0 radical (unpaired) electrons. The molecule has 1 aliphatic heterocycles. The molecule has 11 heteroatoms. The van der Waals surface area contributed by atoms with E-state index in [1.165, 1.54) is 27.3 Å². The van der Waals surface area contributed by atoms with Gasteiger partial charge in [-0.3, -0.25) is 14.7 Å². The number of carbonyl (C=O) groups is 1. The van der Waals surface area contributed by atoms with Gasteiger partial charge in [0.05, 0.1) is 26.8 Å². The fraction of sp³-hybridized carbons (Fsp3) is 0.292. The van der Waals surface area contributed by atoms with Crippen LogP contribution in [0.5, 0.6) is 0 Å². The van der Waals surface area contributed by atoms with Crippen LogP contribution in [0.15, 0.2) is 58.9 Å². The van der Waals surface area contributed by atoms with Crippen molar-refractivity contribution >= 4 is 65.6 Å². The standard InChI is InChI=1S/C24H23ClN4O3S3/c1-2-16-8-9-18-20(14-16)33-24(27-18)28(15-17-6-3-4-12-26-17)23(30)19-7-5-13-29(19)35(31,32)22-11-10-21(25)34-22/h3-4,6,8-12,14,19H,2,5,7,13,15H2,1H3. The number of thiazole rings is 1. The number of hydrogen-bond acceptors (Lipinski definition) is 7. The average Bonchev–Trinajstić information content (AvgIpc) is 3.61. The van der Waals surface area contributed by atoms with Gasteiger partial charge >= 0.3 is 0 Å². The first-order chi connectivity index (χ1) is 16.9. The Labute approximate surface area is 217 Å². The van der Waals surface area contributed by atoms with Gasteiger partial charge in [-0.2, -0.15) is 4.31 Å². The maximum absolute atomic E-state index is 14.0. The number of hydrogen-bond donors (Lipinski definition) is 0. The number of aryl methyl sites for hydroxylation is 1. The van der Waals surface area contributed by atoms with Gasteiger partial charge in [0.15, 0.2) is 5.13 Å². The Morgan fingerprint density at radius 3 is 2.77 bits per heavy atom. The Balaban J connectivity index is 1.52. The molecule has 0 N–H and O–H groups in total. The predicted molar refractivity (Wildman–Crippen MR) is 141 cm³/mol. The van der Waals surface area contributed by atoms with Crippen molar-refractivity contribution in [2.24, 2.45) is 0 Å². The van der Waals surface area contributed by atoms with Gasteiger partial charge in [0.2, 0.25) is 5.91 Å². The van der Waals surface area contributed by atoms with E-state index < -0.39 is 16.1 Å². The summed E-state index contributed by atoms with van der Waals surface area (Å²) in [6.07, 6.45) is 3.63. The van der Waals surface area contributed by atoms with Crippen molar-refractivity contribution < 1.29 is 13.2 Å². The minimum absolute atomic E-state index is 0.144. The van der Waals surface area contributed by atoms with Crippen LogP contribution in [0.1, 0.15) is 31.0 Å². The van der Waals surface area contributed by atoms with E-state index in [1.54, 1.807) is 17.2 Å². The highest BCUT2D eigenvalue weighted by Crippen LogP contribution is 2.35. The number of fused-ring (bicyclic) bond motifs is 1. The van der Waals surface area contributed by atoms with Crippen molar-refractivity contribution in [3.63, 3.8) is 0 Å². The summed E-state index contributed by atoms with van der Waals surface area (Å²) in [5.41, 5.74) is 2.70. The van der Waals surface area contributed by atoms with Gasteiger partial charge in [0.1, 0.15) is 10.3 Å². The SMILES string of the molecule is CCc1ccc2nc(N(Cc3ccccn3)C(=O)C3CCCN3S(=O)(=O)c3ccc(Cl)s3)sc2c1. The molecule has 0 saturated carbocycles. The van der Waals surface area contributed by atoms with E-state index in [4.69, 9.17) is 16.6 Å². The summed E-state index contributed by atoms with van der Waals surface area (Å²) in [4.78, 5) is 24.7. The largest absolute Gasteiger partial charge is 0.281 e. The summed E-state index contributed by atoms with van der Waals surface area (Å²) >= 11 is 8.43. The second-order valence-electron chi connectivity index (χ2n) is 8.23. The number of rotatable bonds is 7. The summed E-state index contributed by atoms with van der Waals surface area (Å²) in [6, 6.07) is 13.9. The summed E-state index contributed by atoms with van der Waals surface area (Å²) in [5, 5.41) is 0.535. The van der Waals surface area contributed by atoms with E-state index in [1.807, 2.05) is 30.3 Å². The number of thiophene rings is 1. The number of pyridine rings is 1. The molecular weight excluding hydrogens is 524 g/mol. The van der Waals surface area contributed by atoms with Crippen LogP contribution < -0.4 is 4.90 Å². The lowest BCUT2D eigenvalue weighted by Gasteiger charge is -2.28. The second kappa shape index (κ2) is 9.94. The smallest absolute Gasteiger partial charge is 0.253 e. The highest BCUT2D eigenvalue weighted by molar-refractivity contribution is 7.91. The molecule has 1 aliphatic rings. The first-order valence-corrected chi connectivity index (χ1v) is 14.7. The summed E-state index contributed by atoms with van der Waals surface area (Å²) < 4.78 is 29.6. The lowest BCUT2D eigenvalue weighted by atomic mass is 10.2. The number of benzene rings is 1. The van der Waals surface area contributed by atoms with Crippen LogP contribution in [0.4, 0.5) is 5.13 Å². The number of nitrogens with zero attached hydrogens (tertiary/aromatic N) is 4. The van der Waals surface area contributed by atoms with Crippen LogP contribution in [0.25, 0.3) is 10.2 Å². The quantitative estimate of drug-likeness (QED) is 0.312. The fourth-order valence-corrected chi connectivity index (χ4v) is 8.49. The third-order valence-electron chi connectivity index (χ3n) is 5.99. The van der Waals surface area contributed by atoms with E-state index in [9.17, 15) is 13.2 Å². The topological polar surface area (TPSA) is 83.5 Å². The number of halogens is 1. The molecule has 182 valence electrons. The minimum atomic E-state index is -3.85. The van der Waals surface area contributed by atoms with E-state index in [-0.39, 0.29) is 23.2 Å². The molecule has 1 atom stereocenters. The summed E-state index contributed by atoms with van der Waals surface area (Å²) in [7, 11) is -3.85. The normalized spacial score (nSPS) is 16.7. The fourth-order valence-electron chi connectivity index (χ4n) is 4.19. The summed E-state index contributed by atoms with van der Waals surface area (Å²) in [6.45, 7) is 2.58. The highest BCUT2D eigenvalue weighted by Gasteiger charge is 2.42. The lowest BCUT2D eigenvalue weighted by Crippen LogP contribution is -2.47. The molecule has 1 aromatic carbocycles. The van der Waals surface area contributed by atoms with Gasteiger partial charge in [0.25, 0.3) is 10.0 Å². The molecular formula is C24H23ClN4O3S3. The van der Waals surface area contributed by atoms with Gasteiger partial charge in [-0.25, -0.2) is 13.4 Å². The molecule has 7 nitrogen and oxygen atoms in total. The summed E-state index contributed by atoms with van der Waals surface area (Å²) in [5.74, 6) is -0.297. The molecule has 0 spiro atoms. The molecule has 1 saturated heterocycles. The molecule has 1 fully saturated rings. The maximum atomic E-state index is 14.0. The van der Waals surface area contributed by atoms with E-state index in [0.29, 0.717) is 28.0 Å². The monoisotopic (exact) mass is 546 g/mol. The van der Waals surface area contributed by atoms with Crippen LogP contribution in [0.2, 0.25) is 4.34 Å². The molecule has 4 aromatic rings. The van der Waals surface area contributed by atoms with Crippen molar-refractivity contribution in [1.82, 2.24) is 14.3 Å². The Kier molecular flexibility index (Phi) is 6.91. The lowest BCUT2D eigenvalue weighted by molar-refractivity contribution is -0.121. The Bertz CT molecular complexity index is 1470. The van der Waals surface area contributed by atoms with Crippen LogP contribution in [0.3, 0.4) is 0 Å². The first kappa shape index (κ1) is 24.3. The molecule has 1 unspecified atom stereocenters. The molecule has 0 aliphatic carbocycles. The first-order valence-electron chi connectivity index (χ1n) is 11.2. The van der Waals surface area contributed by atoms with Crippen molar-refractivity contribution in [2.45, 2.75) is 43.0 Å². The van der Waals surface area contributed by atoms with Gasteiger partial charge in [-0.15, -0.1) is 11.3 Å². The molecule has 3 aromatic heterocycles. The van der Waals surface area contributed by atoms with Gasteiger partial charge in [0, 0.05) is 12.7 Å². The van der Waals surface area contributed by atoms with Crippen molar-refractivity contribution in [2.75, 3.05) is 11.4 Å². The van der Waals surface area contributed by atoms with Crippen molar-refractivity contribution in [1.29, 1.82) is 0 Å². The Morgan fingerprint density at radius 2 is 2.06 bits per heavy atom. The average molecular weight is 547 g/mol. The Hall–Kier alpha value is -2.37. The molecule has 0 bridgehead atoms. The van der Waals surface area contributed by atoms with Crippen LogP contribution in [0, 0.1) is 0 Å². The number of anilines is 1. The zero-order valence-corrected chi connectivity index (χ0v) is 22.1. The molecule has 4 heterocycles. The third kappa shape index (κ3) is 4.85. The minimum Gasteiger partial charge on any atom is -0.281 e. The van der Waals surface area contributed by atoms with Crippen molar-refractivity contribution in [3.8, 4) is 0 Å². The van der Waals surface area contributed by atoms with E-state index in [2.05, 4.69) is 18.0 Å². The van der Waals surface area contributed by atoms with E-state index in [0.717, 1.165) is 28.0 Å². The number of amides is 1. The van der Waals surface area contributed by atoms with Gasteiger partial charge in [-0.05, 0) is 61.2 Å². The number of aromatic nitrogens is 2. The van der Waals surface area contributed by atoms with Crippen LogP contribution in [-0.4, -0.2) is 41.2 Å². The molecule has 5 rings (SSSR count). The van der Waals surface area contributed by atoms with Crippen molar-refractivity contribution in [3.05, 3.63) is 70.3 Å². The Morgan fingerprint density at radius 1 is 1.20 bits per heavy atom. The third-order valence-corrected chi connectivity index (χ3v) is 10.6. The zero-order valence-electron chi connectivity index (χ0n) is 18.9. The van der Waals surface area contributed by atoms with Crippen LogP contribution >= 0.6 is 34.3 Å². The maximum Gasteiger partial charge on any atom is 0.253 e. The zero-order chi connectivity index (χ0) is 24.6. The van der Waals surface area contributed by atoms with Crippen LogP contribution in [-0.2, 0) is 27.8 Å². The second-order valence-corrected chi connectivity index (χ2v) is 13.1. The number of sulfonamides is 1.